The number of nitrogens with one attached hydrogen (secondary N) is 1. The fraction of sp³-hybridized carbons (Fsp3) is 0.154. The Morgan fingerprint density at radius 1 is 0.853 bits per heavy atom. The second-order valence-electron chi connectivity index (χ2n) is 7.55. The average Bonchev–Trinajstić information content (AvgIpc) is 2.84. The molecule has 0 saturated carbocycles. The summed E-state index contributed by atoms with van der Waals surface area (Å²) < 4.78 is 58.8. The predicted octanol–water partition coefficient (Wildman–Crippen LogP) is 6.54. The van der Waals surface area contributed by atoms with Gasteiger partial charge in [0.05, 0.1) is 0 Å². The van der Waals surface area contributed by atoms with Crippen LogP contribution in [0.1, 0.15) is 16.8 Å². The zero-order chi connectivity index (χ0) is 24.0. The van der Waals surface area contributed by atoms with E-state index in [-0.39, 0.29) is 11.6 Å². The fourth-order valence-corrected chi connectivity index (χ4v) is 3.35. The lowest BCUT2D eigenvalue weighted by atomic mass is 10.1. The lowest BCUT2D eigenvalue weighted by Gasteiger charge is -2.15. The van der Waals surface area contributed by atoms with Crippen molar-refractivity contribution in [2.24, 2.45) is 0 Å². The van der Waals surface area contributed by atoms with E-state index in [2.05, 4.69) is 15.3 Å². The minimum atomic E-state index is -4.58. The number of hydrogen-bond donors (Lipinski definition) is 1. The molecule has 0 radical (unpaired) electrons. The number of ether oxygens (including phenoxy) is 1. The van der Waals surface area contributed by atoms with Gasteiger partial charge in [-0.3, -0.25) is 0 Å². The van der Waals surface area contributed by atoms with Gasteiger partial charge in [-0.15, -0.1) is 0 Å². The Balaban J connectivity index is 1.55. The molecule has 1 N–H and O–H groups in total. The molecular formula is C26H21F4N3O. The van der Waals surface area contributed by atoms with Crippen molar-refractivity contribution >= 4 is 5.82 Å². The van der Waals surface area contributed by atoms with Crippen LogP contribution in [0.25, 0.3) is 11.1 Å². The van der Waals surface area contributed by atoms with Gasteiger partial charge in [0.15, 0.2) is 0 Å². The number of alkyl halides is 3. The highest BCUT2D eigenvalue weighted by molar-refractivity contribution is 5.75. The van der Waals surface area contributed by atoms with Gasteiger partial charge in [-0.1, -0.05) is 42.5 Å². The van der Waals surface area contributed by atoms with Gasteiger partial charge in [0, 0.05) is 24.4 Å². The SMILES string of the molecule is Fc1ccc(CCNc2nc(C(F)(F)F)ccc2-c2ccnc(OCc3ccccc3)c2)cc1. The van der Waals surface area contributed by atoms with Crippen LogP contribution in [0.5, 0.6) is 5.88 Å². The molecule has 4 aromatic rings. The van der Waals surface area contributed by atoms with Gasteiger partial charge < -0.3 is 10.1 Å². The van der Waals surface area contributed by atoms with Crippen molar-refractivity contribution in [3.63, 3.8) is 0 Å². The molecule has 0 bridgehead atoms. The van der Waals surface area contributed by atoms with Crippen LogP contribution >= 0.6 is 0 Å². The van der Waals surface area contributed by atoms with Gasteiger partial charge in [-0.25, -0.2) is 14.4 Å². The summed E-state index contributed by atoms with van der Waals surface area (Å²) >= 11 is 0. The van der Waals surface area contributed by atoms with Crippen LogP contribution in [0.4, 0.5) is 23.4 Å². The molecule has 2 aromatic heterocycles. The molecule has 4 nitrogen and oxygen atoms in total. The molecule has 34 heavy (non-hydrogen) atoms. The van der Waals surface area contributed by atoms with Gasteiger partial charge in [0.1, 0.15) is 23.9 Å². The molecule has 0 aliphatic rings. The van der Waals surface area contributed by atoms with Crippen LogP contribution in [-0.4, -0.2) is 16.5 Å². The number of aromatic nitrogens is 2. The Morgan fingerprint density at radius 2 is 1.62 bits per heavy atom. The molecular weight excluding hydrogens is 446 g/mol. The highest BCUT2D eigenvalue weighted by Crippen LogP contribution is 2.34. The molecule has 0 fully saturated rings. The maximum absolute atomic E-state index is 13.3. The third-order valence-corrected chi connectivity index (χ3v) is 5.08. The smallest absolute Gasteiger partial charge is 0.433 e. The Bertz CT molecular complexity index is 1230. The highest BCUT2D eigenvalue weighted by atomic mass is 19.4. The number of rotatable bonds is 8. The normalized spacial score (nSPS) is 11.3. The second kappa shape index (κ2) is 10.3. The first kappa shape index (κ1) is 23.2. The van der Waals surface area contributed by atoms with Crippen LogP contribution in [0.2, 0.25) is 0 Å². The molecule has 4 rings (SSSR count). The van der Waals surface area contributed by atoms with Gasteiger partial charge >= 0.3 is 6.18 Å². The minimum Gasteiger partial charge on any atom is -0.473 e. The first-order valence-electron chi connectivity index (χ1n) is 10.6. The summed E-state index contributed by atoms with van der Waals surface area (Å²) in [4.78, 5) is 8.03. The quantitative estimate of drug-likeness (QED) is 0.299. The van der Waals surface area contributed by atoms with Gasteiger partial charge in [0.2, 0.25) is 5.88 Å². The minimum absolute atomic E-state index is 0.0946. The summed E-state index contributed by atoms with van der Waals surface area (Å²) in [6.45, 7) is 0.626. The summed E-state index contributed by atoms with van der Waals surface area (Å²) in [7, 11) is 0. The molecule has 2 heterocycles. The molecule has 0 aliphatic carbocycles. The van der Waals surface area contributed by atoms with E-state index >= 15 is 0 Å². The third kappa shape index (κ3) is 6.10. The number of nitrogens with zero attached hydrogens (tertiary/aromatic N) is 2. The largest absolute Gasteiger partial charge is 0.473 e. The standard InChI is InChI=1S/C26H21F4N3O/c27-21-8-6-18(7-9-21)12-14-32-25-22(10-11-23(33-25)26(28,29)30)20-13-15-31-24(16-20)34-17-19-4-2-1-3-5-19/h1-11,13,15-16H,12,14,17H2,(H,32,33). The summed E-state index contributed by atoms with van der Waals surface area (Å²) in [6.07, 6.45) is -2.55. The van der Waals surface area contributed by atoms with Crippen LogP contribution < -0.4 is 10.1 Å². The van der Waals surface area contributed by atoms with Crippen LogP contribution in [0, 0.1) is 5.82 Å². The number of benzene rings is 2. The number of hydrogen-bond acceptors (Lipinski definition) is 4. The maximum atomic E-state index is 13.3. The molecule has 0 aliphatic heterocycles. The number of pyridine rings is 2. The highest BCUT2D eigenvalue weighted by Gasteiger charge is 2.33. The Morgan fingerprint density at radius 3 is 2.35 bits per heavy atom. The number of halogens is 4. The molecule has 0 amide bonds. The monoisotopic (exact) mass is 467 g/mol. The van der Waals surface area contributed by atoms with Crippen molar-refractivity contribution in [1.82, 2.24) is 9.97 Å². The van der Waals surface area contributed by atoms with Crippen molar-refractivity contribution in [1.29, 1.82) is 0 Å². The fourth-order valence-electron chi connectivity index (χ4n) is 3.35. The topological polar surface area (TPSA) is 47.0 Å². The summed E-state index contributed by atoms with van der Waals surface area (Å²) in [5, 5.41) is 3.00. The number of anilines is 1. The van der Waals surface area contributed by atoms with Gasteiger partial charge in [-0.05, 0) is 53.4 Å². The summed E-state index contributed by atoms with van der Waals surface area (Å²) in [5.74, 6) is 0.0946. The van der Waals surface area contributed by atoms with Crippen molar-refractivity contribution < 1.29 is 22.3 Å². The van der Waals surface area contributed by atoms with Gasteiger partial charge in [-0.2, -0.15) is 13.2 Å². The lowest BCUT2D eigenvalue weighted by Crippen LogP contribution is -2.13. The first-order chi connectivity index (χ1) is 16.4. The van der Waals surface area contributed by atoms with Gasteiger partial charge in [0.25, 0.3) is 0 Å². The van der Waals surface area contributed by atoms with E-state index in [0.717, 1.165) is 17.2 Å². The van der Waals surface area contributed by atoms with E-state index < -0.39 is 11.9 Å². The second-order valence-corrected chi connectivity index (χ2v) is 7.55. The van der Waals surface area contributed by atoms with E-state index in [9.17, 15) is 17.6 Å². The molecule has 0 saturated heterocycles. The summed E-state index contributed by atoms with van der Waals surface area (Å²) in [6, 6.07) is 21.2. The Hall–Kier alpha value is -3.94. The molecule has 0 spiro atoms. The molecule has 2 aromatic carbocycles. The summed E-state index contributed by atoms with van der Waals surface area (Å²) in [5.41, 5.74) is 1.93. The Kier molecular flexibility index (Phi) is 7.06. The predicted molar refractivity (Wildman–Crippen MR) is 122 cm³/mol. The van der Waals surface area contributed by atoms with E-state index in [1.54, 1.807) is 24.3 Å². The molecule has 0 unspecified atom stereocenters. The molecule has 174 valence electrons. The van der Waals surface area contributed by atoms with E-state index in [1.807, 2.05) is 30.3 Å². The van der Waals surface area contributed by atoms with Crippen LogP contribution in [-0.2, 0) is 19.2 Å². The van der Waals surface area contributed by atoms with Crippen molar-refractivity contribution in [3.05, 3.63) is 108 Å². The zero-order valence-corrected chi connectivity index (χ0v) is 18.0. The van der Waals surface area contributed by atoms with E-state index in [4.69, 9.17) is 4.74 Å². The van der Waals surface area contributed by atoms with E-state index in [1.165, 1.54) is 24.4 Å². The van der Waals surface area contributed by atoms with Crippen molar-refractivity contribution in [2.75, 3.05) is 11.9 Å². The van der Waals surface area contributed by atoms with Crippen molar-refractivity contribution in [2.45, 2.75) is 19.2 Å². The van der Waals surface area contributed by atoms with Crippen LogP contribution in [0.15, 0.2) is 85.1 Å². The lowest BCUT2D eigenvalue weighted by molar-refractivity contribution is -0.141. The molecule has 0 atom stereocenters. The average molecular weight is 467 g/mol. The first-order valence-corrected chi connectivity index (χ1v) is 10.6. The third-order valence-electron chi connectivity index (χ3n) is 5.08. The maximum Gasteiger partial charge on any atom is 0.433 e. The Labute approximate surface area is 194 Å². The van der Waals surface area contributed by atoms with Crippen molar-refractivity contribution in [3.8, 4) is 17.0 Å². The van der Waals surface area contributed by atoms with E-state index in [0.29, 0.717) is 36.6 Å². The zero-order valence-electron chi connectivity index (χ0n) is 18.0. The molecule has 8 heteroatoms. The van der Waals surface area contributed by atoms with Crippen LogP contribution in [0.3, 0.4) is 0 Å².